The molecule has 2 nitrogen and oxygen atoms in total. The van der Waals surface area contributed by atoms with Gasteiger partial charge in [0.05, 0.1) is 4.90 Å². The second-order valence-electron chi connectivity index (χ2n) is 3.66. The summed E-state index contributed by atoms with van der Waals surface area (Å²) < 4.78 is 35.6. The van der Waals surface area contributed by atoms with Gasteiger partial charge in [0.2, 0.25) is 0 Å². The Bertz CT molecular complexity index is 484. The molecule has 0 amide bonds. The molecule has 0 heterocycles. The summed E-state index contributed by atoms with van der Waals surface area (Å²) in [6.07, 6.45) is 1.00. The number of rotatable bonds is 1. The van der Waals surface area contributed by atoms with Crippen molar-refractivity contribution in [2.24, 2.45) is 0 Å². The van der Waals surface area contributed by atoms with Crippen LogP contribution in [0, 0.1) is 0 Å². The fraction of sp³-hybridized carbons (Fsp3) is 0.400. The van der Waals surface area contributed by atoms with Crippen molar-refractivity contribution >= 4 is 19.7 Å². The Labute approximate surface area is 92.5 Å². The minimum Gasteiger partial charge on any atom is -0.242 e. The molecular formula is C10H10ClFO2S. The molecule has 1 aromatic carbocycles. The highest BCUT2D eigenvalue weighted by Crippen LogP contribution is 2.34. The zero-order valence-electron chi connectivity index (χ0n) is 7.91. The van der Waals surface area contributed by atoms with Crippen LogP contribution in [-0.2, 0) is 15.5 Å². The highest BCUT2D eigenvalue weighted by molar-refractivity contribution is 8.13. The van der Waals surface area contributed by atoms with Crippen molar-refractivity contribution in [3.05, 3.63) is 29.3 Å². The molecule has 0 aliphatic heterocycles. The van der Waals surface area contributed by atoms with Crippen molar-refractivity contribution in [2.75, 3.05) is 0 Å². The Morgan fingerprint density at radius 3 is 2.80 bits per heavy atom. The summed E-state index contributed by atoms with van der Waals surface area (Å²) >= 11 is 0. The quantitative estimate of drug-likeness (QED) is 0.716. The highest BCUT2D eigenvalue weighted by Gasteiger charge is 2.22. The first-order valence-electron chi connectivity index (χ1n) is 4.70. The smallest absolute Gasteiger partial charge is 0.242 e. The predicted octanol–water partition coefficient (Wildman–Crippen LogP) is 2.96. The fourth-order valence-electron chi connectivity index (χ4n) is 1.87. The lowest BCUT2D eigenvalue weighted by Crippen LogP contribution is -2.07. The molecule has 0 radical (unpaired) electrons. The van der Waals surface area contributed by atoms with Crippen molar-refractivity contribution in [1.29, 1.82) is 0 Å². The molecule has 0 saturated heterocycles. The summed E-state index contributed by atoms with van der Waals surface area (Å²) in [6, 6.07) is 4.43. The Hall–Kier alpha value is -0.610. The molecule has 0 fully saturated rings. The molecule has 82 valence electrons. The Kier molecular flexibility index (Phi) is 2.73. The molecule has 1 atom stereocenters. The molecule has 1 aliphatic rings. The van der Waals surface area contributed by atoms with Gasteiger partial charge in [0.15, 0.2) is 0 Å². The van der Waals surface area contributed by atoms with E-state index in [-0.39, 0.29) is 4.90 Å². The van der Waals surface area contributed by atoms with E-state index >= 15 is 0 Å². The number of hydrogen-bond donors (Lipinski definition) is 0. The first-order chi connectivity index (χ1) is 6.98. The lowest BCUT2D eigenvalue weighted by molar-refractivity contribution is 0.302. The third-order valence-corrected chi connectivity index (χ3v) is 3.99. The predicted molar refractivity (Wildman–Crippen MR) is 56.3 cm³/mol. The number of benzene rings is 1. The van der Waals surface area contributed by atoms with Crippen LogP contribution in [0.25, 0.3) is 0 Å². The van der Waals surface area contributed by atoms with E-state index in [1.165, 1.54) is 12.1 Å². The molecule has 1 unspecified atom stereocenters. The van der Waals surface area contributed by atoms with Gasteiger partial charge in [-0.2, -0.15) is 0 Å². The van der Waals surface area contributed by atoms with E-state index in [0.717, 1.165) is 18.4 Å². The summed E-state index contributed by atoms with van der Waals surface area (Å²) in [5.74, 6) is 0. The maximum atomic E-state index is 13.5. The van der Waals surface area contributed by atoms with Gasteiger partial charge in [0, 0.05) is 10.7 Å². The van der Waals surface area contributed by atoms with Gasteiger partial charge in [-0.15, -0.1) is 0 Å². The van der Waals surface area contributed by atoms with E-state index in [1.807, 2.05) is 0 Å². The third-order valence-electron chi connectivity index (χ3n) is 2.64. The second-order valence-corrected chi connectivity index (χ2v) is 6.22. The summed E-state index contributed by atoms with van der Waals surface area (Å²) in [5.41, 5.74) is 1.36. The first kappa shape index (κ1) is 10.9. The molecule has 1 aliphatic carbocycles. The first-order valence-corrected chi connectivity index (χ1v) is 7.01. The Morgan fingerprint density at radius 1 is 1.40 bits per heavy atom. The Balaban J connectivity index is 2.53. The van der Waals surface area contributed by atoms with Crippen molar-refractivity contribution in [2.45, 2.75) is 30.3 Å². The van der Waals surface area contributed by atoms with Crippen LogP contribution in [0.15, 0.2) is 23.1 Å². The number of alkyl halides is 1. The standard InChI is InChI=1S/C10H10ClFO2S/c11-15(13,14)8-5-4-7-2-1-3-10(12)9(7)6-8/h4-6,10H,1-3H2. The summed E-state index contributed by atoms with van der Waals surface area (Å²) in [4.78, 5) is -0.0209. The fourth-order valence-corrected chi connectivity index (χ4v) is 2.66. The average molecular weight is 249 g/mol. The second kappa shape index (κ2) is 3.76. The maximum Gasteiger partial charge on any atom is 0.261 e. The summed E-state index contributed by atoms with van der Waals surface area (Å²) in [5, 5.41) is 0. The average Bonchev–Trinajstić information content (AvgIpc) is 2.16. The van der Waals surface area contributed by atoms with E-state index in [0.29, 0.717) is 12.0 Å². The zero-order valence-corrected chi connectivity index (χ0v) is 9.48. The van der Waals surface area contributed by atoms with Crippen LogP contribution >= 0.6 is 10.7 Å². The zero-order chi connectivity index (χ0) is 11.1. The van der Waals surface area contributed by atoms with Crippen molar-refractivity contribution in [3.8, 4) is 0 Å². The molecule has 15 heavy (non-hydrogen) atoms. The van der Waals surface area contributed by atoms with Crippen molar-refractivity contribution in [3.63, 3.8) is 0 Å². The minimum absolute atomic E-state index is 0.0209. The minimum atomic E-state index is -3.75. The number of hydrogen-bond acceptors (Lipinski definition) is 2. The van der Waals surface area contributed by atoms with Crippen molar-refractivity contribution in [1.82, 2.24) is 0 Å². The van der Waals surface area contributed by atoms with Crippen LogP contribution in [-0.4, -0.2) is 8.42 Å². The van der Waals surface area contributed by atoms with E-state index in [9.17, 15) is 12.8 Å². The van der Waals surface area contributed by atoms with E-state index in [2.05, 4.69) is 0 Å². The van der Waals surface area contributed by atoms with Crippen LogP contribution in [0.1, 0.15) is 30.1 Å². The lowest BCUT2D eigenvalue weighted by Gasteiger charge is -2.19. The maximum absolute atomic E-state index is 13.5. The molecule has 0 spiro atoms. The van der Waals surface area contributed by atoms with Crippen molar-refractivity contribution < 1.29 is 12.8 Å². The van der Waals surface area contributed by atoms with Gasteiger partial charge < -0.3 is 0 Å². The van der Waals surface area contributed by atoms with Gasteiger partial charge in [-0.1, -0.05) is 6.07 Å². The molecule has 1 aromatic rings. The van der Waals surface area contributed by atoms with Crippen LogP contribution in [0.4, 0.5) is 4.39 Å². The summed E-state index contributed by atoms with van der Waals surface area (Å²) in [6.45, 7) is 0. The Morgan fingerprint density at radius 2 is 2.13 bits per heavy atom. The molecule has 0 N–H and O–H groups in total. The molecular weight excluding hydrogens is 239 g/mol. The highest BCUT2D eigenvalue weighted by atomic mass is 35.7. The topological polar surface area (TPSA) is 34.1 Å². The molecule has 5 heteroatoms. The lowest BCUT2D eigenvalue weighted by atomic mass is 9.90. The largest absolute Gasteiger partial charge is 0.261 e. The molecule has 0 aromatic heterocycles. The van der Waals surface area contributed by atoms with Crippen LogP contribution in [0.3, 0.4) is 0 Å². The number of aryl methyl sites for hydroxylation is 1. The van der Waals surface area contributed by atoms with E-state index < -0.39 is 15.2 Å². The van der Waals surface area contributed by atoms with Gasteiger partial charge in [0.25, 0.3) is 9.05 Å². The monoisotopic (exact) mass is 248 g/mol. The van der Waals surface area contributed by atoms with Gasteiger partial charge in [-0.25, -0.2) is 12.8 Å². The molecule has 0 bridgehead atoms. The number of halogens is 2. The van der Waals surface area contributed by atoms with E-state index in [4.69, 9.17) is 10.7 Å². The third kappa shape index (κ3) is 2.16. The van der Waals surface area contributed by atoms with Gasteiger partial charge in [0.1, 0.15) is 6.17 Å². The van der Waals surface area contributed by atoms with Gasteiger partial charge in [-0.05, 0) is 42.5 Å². The van der Waals surface area contributed by atoms with Crippen LogP contribution < -0.4 is 0 Å². The van der Waals surface area contributed by atoms with Gasteiger partial charge >= 0.3 is 0 Å². The normalized spacial score (nSPS) is 21.1. The van der Waals surface area contributed by atoms with E-state index in [1.54, 1.807) is 6.07 Å². The number of fused-ring (bicyclic) bond motifs is 1. The molecule has 2 rings (SSSR count). The van der Waals surface area contributed by atoms with Gasteiger partial charge in [-0.3, -0.25) is 0 Å². The SMILES string of the molecule is O=S(=O)(Cl)c1ccc2c(c1)C(F)CCC2. The van der Waals surface area contributed by atoms with Crippen LogP contribution in [0.5, 0.6) is 0 Å². The molecule has 0 saturated carbocycles. The summed E-state index contributed by atoms with van der Waals surface area (Å²) in [7, 11) is 1.44. The van der Waals surface area contributed by atoms with Crippen LogP contribution in [0.2, 0.25) is 0 Å².